The van der Waals surface area contributed by atoms with Crippen LogP contribution in [0, 0.1) is 10.1 Å². The molecule has 3 N–H and O–H groups in total. The lowest BCUT2D eigenvalue weighted by atomic mass is 9.98. The Morgan fingerprint density at radius 3 is 2.25 bits per heavy atom. The van der Waals surface area contributed by atoms with E-state index in [1.165, 1.54) is 32.1 Å². The third-order valence-corrected chi connectivity index (χ3v) is 4.30. The van der Waals surface area contributed by atoms with Crippen molar-refractivity contribution in [3.05, 3.63) is 45.5 Å². The molecule has 136 valence electrons. The van der Waals surface area contributed by atoms with Gasteiger partial charge in [-0.2, -0.15) is 0 Å². The van der Waals surface area contributed by atoms with Crippen LogP contribution >= 0.6 is 0 Å². The molecule has 0 saturated carbocycles. The van der Waals surface area contributed by atoms with Crippen molar-refractivity contribution in [1.29, 1.82) is 0 Å². The second kappa shape index (κ2) is 10.4. The summed E-state index contributed by atoms with van der Waals surface area (Å²) in [6.45, 7) is 1.16. The lowest BCUT2D eigenvalue weighted by molar-refractivity contribution is -0.631. The second-order valence-corrected chi connectivity index (χ2v) is 6.38. The molecule has 0 aliphatic heterocycles. The van der Waals surface area contributed by atoms with Gasteiger partial charge >= 0.3 is 5.72 Å². The number of hydrogen-bond acceptors (Lipinski definition) is 5. The molecule has 1 aromatic carbocycles. The average Bonchev–Trinajstić information content (AvgIpc) is 2.58. The zero-order valence-electron chi connectivity index (χ0n) is 14.4. The van der Waals surface area contributed by atoms with Crippen LogP contribution in [-0.4, -0.2) is 32.6 Å². The number of nitrogens with zero attached hydrogens (tertiary/aromatic N) is 1. The van der Waals surface area contributed by atoms with Crippen LogP contribution in [-0.2, 0) is 6.42 Å². The number of rotatable bonds is 12. The minimum atomic E-state index is -2.52. The van der Waals surface area contributed by atoms with Gasteiger partial charge in [-0.1, -0.05) is 63.3 Å². The Bertz CT molecular complexity index is 491. The van der Waals surface area contributed by atoms with E-state index in [0.717, 1.165) is 18.4 Å². The first kappa shape index (κ1) is 20.5. The first-order chi connectivity index (χ1) is 11.4. The van der Waals surface area contributed by atoms with Crippen LogP contribution in [0.2, 0.25) is 0 Å². The summed E-state index contributed by atoms with van der Waals surface area (Å²) in [6.07, 6.45) is 6.62. The number of aliphatic hydroxyl groups excluding tert-OH is 2. The molecule has 2 unspecified atom stereocenters. The Kier molecular flexibility index (Phi) is 8.89. The van der Waals surface area contributed by atoms with Gasteiger partial charge in [0.2, 0.25) is 0 Å². The molecule has 24 heavy (non-hydrogen) atoms. The lowest BCUT2D eigenvalue weighted by Gasteiger charge is -2.20. The quantitative estimate of drug-likeness (QED) is 0.235. The van der Waals surface area contributed by atoms with E-state index in [0.29, 0.717) is 5.56 Å². The van der Waals surface area contributed by atoms with E-state index in [2.05, 4.69) is 6.92 Å². The monoisotopic (exact) mass is 339 g/mol. The maximum atomic E-state index is 10.8. The van der Waals surface area contributed by atoms with E-state index in [-0.39, 0.29) is 0 Å². The molecular weight excluding hydrogens is 310 g/mol. The first-order valence-corrected chi connectivity index (χ1v) is 8.67. The highest BCUT2D eigenvalue weighted by molar-refractivity contribution is 5.24. The van der Waals surface area contributed by atoms with Crippen molar-refractivity contribution in [1.82, 2.24) is 0 Å². The summed E-state index contributed by atoms with van der Waals surface area (Å²) in [4.78, 5) is 9.80. The normalized spacial score (nSPS) is 15.0. The van der Waals surface area contributed by atoms with Crippen LogP contribution in [0.1, 0.15) is 69.1 Å². The number of nitro groups is 1. The SMILES string of the molecule is CCCCCCCCc1ccc(C(O)CC(O)(CO)[N+](=O)[O-])cc1. The molecule has 0 radical (unpaired) electrons. The summed E-state index contributed by atoms with van der Waals surface area (Å²) >= 11 is 0. The molecule has 0 aliphatic carbocycles. The van der Waals surface area contributed by atoms with Gasteiger partial charge in [-0.3, -0.25) is 10.1 Å². The van der Waals surface area contributed by atoms with Crippen LogP contribution in [0.5, 0.6) is 0 Å². The van der Waals surface area contributed by atoms with Gasteiger partial charge in [-0.05, 0) is 24.0 Å². The highest BCUT2D eigenvalue weighted by Gasteiger charge is 2.42. The van der Waals surface area contributed by atoms with E-state index in [9.17, 15) is 20.3 Å². The molecular formula is C18H29NO5. The van der Waals surface area contributed by atoms with Crippen molar-refractivity contribution in [2.24, 2.45) is 0 Å². The zero-order chi connectivity index (χ0) is 18.0. The summed E-state index contributed by atoms with van der Waals surface area (Å²) in [5.41, 5.74) is -0.861. The molecule has 0 saturated heterocycles. The van der Waals surface area contributed by atoms with Crippen LogP contribution in [0.4, 0.5) is 0 Å². The minimum absolute atomic E-state index is 0.496. The maximum absolute atomic E-state index is 10.8. The molecule has 0 bridgehead atoms. The van der Waals surface area contributed by atoms with Gasteiger partial charge in [-0.15, -0.1) is 0 Å². The van der Waals surface area contributed by atoms with Crippen molar-refractivity contribution in [3.63, 3.8) is 0 Å². The molecule has 0 spiro atoms. The fourth-order valence-corrected chi connectivity index (χ4v) is 2.64. The molecule has 0 amide bonds. The third-order valence-electron chi connectivity index (χ3n) is 4.30. The Morgan fingerprint density at radius 2 is 1.71 bits per heavy atom. The fourth-order valence-electron chi connectivity index (χ4n) is 2.64. The summed E-state index contributed by atoms with van der Waals surface area (Å²) in [5, 5.41) is 39.5. The van der Waals surface area contributed by atoms with E-state index in [1.54, 1.807) is 12.1 Å². The van der Waals surface area contributed by atoms with Crippen molar-refractivity contribution in [3.8, 4) is 0 Å². The standard InChI is InChI=1S/C18H29NO5/c1-2-3-4-5-6-7-8-15-9-11-16(12-10-15)17(21)13-18(22,14-20)19(23)24/h9-12,17,20-22H,2-8,13-14H2,1H3. The van der Waals surface area contributed by atoms with Gasteiger partial charge in [0.25, 0.3) is 0 Å². The largest absolute Gasteiger partial charge is 0.388 e. The topological polar surface area (TPSA) is 104 Å². The first-order valence-electron chi connectivity index (χ1n) is 8.67. The van der Waals surface area contributed by atoms with Crippen LogP contribution in [0.15, 0.2) is 24.3 Å². The smallest absolute Gasteiger partial charge is 0.348 e. The number of aliphatic hydroxyl groups is 3. The van der Waals surface area contributed by atoms with Crippen LogP contribution in [0.3, 0.4) is 0 Å². The summed E-state index contributed by atoms with van der Waals surface area (Å²) in [5.74, 6) is 0. The maximum Gasteiger partial charge on any atom is 0.348 e. The number of benzene rings is 1. The number of unbranched alkanes of at least 4 members (excludes halogenated alkanes) is 5. The minimum Gasteiger partial charge on any atom is -0.388 e. The Hall–Kier alpha value is -1.50. The van der Waals surface area contributed by atoms with Gasteiger partial charge in [-0.25, -0.2) is 0 Å². The molecule has 1 aromatic rings. The van der Waals surface area contributed by atoms with Crippen LogP contribution < -0.4 is 0 Å². The highest BCUT2D eigenvalue weighted by Crippen LogP contribution is 2.25. The molecule has 6 heteroatoms. The summed E-state index contributed by atoms with van der Waals surface area (Å²) in [7, 11) is 0. The third kappa shape index (κ3) is 6.55. The molecule has 0 heterocycles. The van der Waals surface area contributed by atoms with Gasteiger partial charge in [0.15, 0.2) is 0 Å². The predicted molar refractivity (Wildman–Crippen MR) is 92.1 cm³/mol. The van der Waals surface area contributed by atoms with Gasteiger partial charge < -0.3 is 15.3 Å². The van der Waals surface area contributed by atoms with Gasteiger partial charge in [0, 0.05) is 0 Å². The lowest BCUT2D eigenvalue weighted by Crippen LogP contribution is -2.43. The van der Waals surface area contributed by atoms with Gasteiger partial charge in [0.05, 0.1) is 17.4 Å². The molecule has 6 nitrogen and oxygen atoms in total. The Morgan fingerprint density at radius 1 is 1.12 bits per heavy atom. The van der Waals surface area contributed by atoms with E-state index >= 15 is 0 Å². The van der Waals surface area contributed by atoms with Crippen molar-refractivity contribution >= 4 is 0 Å². The predicted octanol–water partition coefficient (Wildman–Crippen LogP) is 2.97. The van der Waals surface area contributed by atoms with E-state index in [4.69, 9.17) is 5.11 Å². The van der Waals surface area contributed by atoms with Crippen molar-refractivity contribution in [2.45, 2.75) is 70.1 Å². The summed E-state index contributed by atoms with van der Waals surface area (Å²) in [6, 6.07) is 7.23. The molecule has 2 atom stereocenters. The van der Waals surface area contributed by atoms with Crippen LogP contribution in [0.25, 0.3) is 0 Å². The molecule has 1 rings (SSSR count). The Labute approximate surface area is 143 Å². The number of hydrogen-bond donors (Lipinski definition) is 3. The fraction of sp³-hybridized carbons (Fsp3) is 0.667. The molecule has 0 fully saturated rings. The average molecular weight is 339 g/mol. The van der Waals surface area contributed by atoms with Crippen molar-refractivity contribution < 1.29 is 20.2 Å². The number of aryl methyl sites for hydroxylation is 1. The van der Waals surface area contributed by atoms with Crippen molar-refractivity contribution in [2.75, 3.05) is 6.61 Å². The zero-order valence-corrected chi connectivity index (χ0v) is 14.4. The molecule has 0 aromatic heterocycles. The van der Waals surface area contributed by atoms with Gasteiger partial charge in [0.1, 0.15) is 6.61 Å². The van der Waals surface area contributed by atoms with E-state index < -0.39 is 29.8 Å². The van der Waals surface area contributed by atoms with E-state index in [1.807, 2.05) is 12.1 Å². The second-order valence-electron chi connectivity index (χ2n) is 6.38. The summed E-state index contributed by atoms with van der Waals surface area (Å²) < 4.78 is 0. The Balaban J connectivity index is 2.47. The highest BCUT2D eigenvalue weighted by atomic mass is 16.7. The molecule has 0 aliphatic rings.